The summed E-state index contributed by atoms with van der Waals surface area (Å²) in [6.07, 6.45) is 3.89. The molecular formula is C14H19N5. The quantitative estimate of drug-likeness (QED) is 0.645. The standard InChI is InChI=1S/C14H19N5/c1-15-14(16-2)17-8-11-5-4-6-12(7-11)13-9-18-19(3)10-13/h4-7,9-10H,8H2,1-3H3,(H2,15,16,17). The smallest absolute Gasteiger partial charge is 0.190 e. The molecule has 1 aromatic heterocycles. The fourth-order valence-corrected chi connectivity index (χ4v) is 1.90. The summed E-state index contributed by atoms with van der Waals surface area (Å²) in [5, 5.41) is 10.4. The van der Waals surface area contributed by atoms with E-state index >= 15 is 0 Å². The average molecular weight is 257 g/mol. The third-order valence-corrected chi connectivity index (χ3v) is 2.89. The molecule has 2 rings (SSSR count). The molecular weight excluding hydrogens is 238 g/mol. The fourth-order valence-electron chi connectivity index (χ4n) is 1.90. The molecule has 5 nitrogen and oxygen atoms in total. The van der Waals surface area contributed by atoms with E-state index in [1.54, 1.807) is 7.05 Å². The van der Waals surface area contributed by atoms with Crippen molar-refractivity contribution in [2.75, 3.05) is 14.1 Å². The third kappa shape index (κ3) is 3.34. The Morgan fingerprint density at radius 2 is 2.21 bits per heavy atom. The molecule has 0 amide bonds. The Balaban J connectivity index is 2.11. The number of hydrogen-bond donors (Lipinski definition) is 2. The van der Waals surface area contributed by atoms with Crippen molar-refractivity contribution in [1.29, 1.82) is 0 Å². The second-order valence-electron chi connectivity index (χ2n) is 4.28. The predicted octanol–water partition coefficient (Wildman–Crippen LogP) is 1.38. The lowest BCUT2D eigenvalue weighted by Gasteiger charge is -2.09. The minimum absolute atomic E-state index is 0.738. The zero-order valence-corrected chi connectivity index (χ0v) is 11.5. The summed E-state index contributed by atoms with van der Waals surface area (Å²) in [4.78, 5) is 4.09. The van der Waals surface area contributed by atoms with Crippen LogP contribution in [0.25, 0.3) is 11.1 Å². The zero-order valence-electron chi connectivity index (χ0n) is 11.5. The molecule has 1 heterocycles. The number of nitrogens with zero attached hydrogens (tertiary/aromatic N) is 3. The summed E-state index contributed by atoms with van der Waals surface area (Å²) in [7, 11) is 5.53. The van der Waals surface area contributed by atoms with Gasteiger partial charge in [-0.15, -0.1) is 0 Å². The number of rotatable bonds is 3. The van der Waals surface area contributed by atoms with Crippen LogP contribution in [0.2, 0.25) is 0 Å². The van der Waals surface area contributed by atoms with E-state index in [0.29, 0.717) is 0 Å². The molecule has 0 aliphatic rings. The first-order chi connectivity index (χ1) is 9.22. The SMILES string of the molecule is CN=C(NC)NCc1cccc(-c2cnn(C)c2)c1. The van der Waals surface area contributed by atoms with Crippen molar-refractivity contribution >= 4 is 5.96 Å². The van der Waals surface area contributed by atoms with Gasteiger partial charge in [0.1, 0.15) is 0 Å². The zero-order chi connectivity index (χ0) is 13.7. The first kappa shape index (κ1) is 13.1. The van der Waals surface area contributed by atoms with Gasteiger partial charge in [-0.1, -0.05) is 18.2 Å². The van der Waals surface area contributed by atoms with E-state index in [0.717, 1.165) is 18.1 Å². The molecule has 0 spiro atoms. The van der Waals surface area contributed by atoms with Crippen LogP contribution in [0.1, 0.15) is 5.56 Å². The number of aryl methyl sites for hydroxylation is 1. The van der Waals surface area contributed by atoms with E-state index in [4.69, 9.17) is 0 Å². The van der Waals surface area contributed by atoms with Gasteiger partial charge >= 0.3 is 0 Å². The van der Waals surface area contributed by atoms with Gasteiger partial charge in [-0.2, -0.15) is 5.10 Å². The summed E-state index contributed by atoms with van der Waals surface area (Å²) in [6, 6.07) is 8.40. The van der Waals surface area contributed by atoms with Crippen molar-refractivity contribution in [2.45, 2.75) is 6.54 Å². The van der Waals surface area contributed by atoms with Crippen LogP contribution >= 0.6 is 0 Å². The highest BCUT2D eigenvalue weighted by Gasteiger charge is 2.02. The van der Waals surface area contributed by atoms with Gasteiger partial charge in [-0.3, -0.25) is 9.67 Å². The number of aromatic nitrogens is 2. The van der Waals surface area contributed by atoms with Crippen molar-refractivity contribution in [1.82, 2.24) is 20.4 Å². The first-order valence-corrected chi connectivity index (χ1v) is 6.19. The van der Waals surface area contributed by atoms with Gasteiger partial charge in [-0.25, -0.2) is 0 Å². The third-order valence-electron chi connectivity index (χ3n) is 2.89. The van der Waals surface area contributed by atoms with Crippen LogP contribution in [0, 0.1) is 0 Å². The van der Waals surface area contributed by atoms with Crippen molar-refractivity contribution in [2.24, 2.45) is 12.0 Å². The van der Waals surface area contributed by atoms with E-state index in [1.807, 2.05) is 31.2 Å². The van der Waals surface area contributed by atoms with E-state index in [1.165, 1.54) is 11.1 Å². The molecule has 5 heteroatoms. The maximum Gasteiger partial charge on any atom is 0.190 e. The second-order valence-corrected chi connectivity index (χ2v) is 4.28. The first-order valence-electron chi connectivity index (χ1n) is 6.19. The summed E-state index contributed by atoms with van der Waals surface area (Å²) < 4.78 is 1.81. The van der Waals surface area contributed by atoms with Gasteiger partial charge in [0.2, 0.25) is 0 Å². The highest BCUT2D eigenvalue weighted by molar-refractivity contribution is 5.79. The Morgan fingerprint density at radius 3 is 2.84 bits per heavy atom. The topological polar surface area (TPSA) is 54.2 Å². The van der Waals surface area contributed by atoms with Crippen molar-refractivity contribution in [3.63, 3.8) is 0 Å². The van der Waals surface area contributed by atoms with Crippen molar-refractivity contribution in [3.05, 3.63) is 42.2 Å². The molecule has 0 saturated carbocycles. The Labute approximate surface area is 113 Å². The summed E-state index contributed by atoms with van der Waals surface area (Å²) >= 11 is 0. The Bertz CT molecular complexity index is 571. The molecule has 2 N–H and O–H groups in total. The molecule has 0 fully saturated rings. The van der Waals surface area contributed by atoms with Crippen LogP contribution in [-0.2, 0) is 13.6 Å². The predicted molar refractivity (Wildman–Crippen MR) is 77.9 cm³/mol. The van der Waals surface area contributed by atoms with Crippen molar-refractivity contribution in [3.8, 4) is 11.1 Å². The molecule has 2 aromatic rings. The molecule has 19 heavy (non-hydrogen) atoms. The molecule has 0 radical (unpaired) electrons. The lowest BCUT2D eigenvalue weighted by Crippen LogP contribution is -2.34. The number of aliphatic imine (C=N–C) groups is 1. The van der Waals surface area contributed by atoms with Gasteiger partial charge in [0.25, 0.3) is 0 Å². The van der Waals surface area contributed by atoms with Crippen LogP contribution in [0.5, 0.6) is 0 Å². The molecule has 0 bridgehead atoms. The molecule has 1 aromatic carbocycles. The van der Waals surface area contributed by atoms with Crippen LogP contribution < -0.4 is 10.6 Å². The van der Waals surface area contributed by atoms with E-state index in [-0.39, 0.29) is 0 Å². The minimum atomic E-state index is 0.738. The van der Waals surface area contributed by atoms with E-state index in [9.17, 15) is 0 Å². The van der Waals surface area contributed by atoms with Crippen molar-refractivity contribution < 1.29 is 0 Å². The lowest BCUT2D eigenvalue weighted by molar-refractivity contribution is 0.768. The largest absolute Gasteiger partial charge is 0.359 e. The Kier molecular flexibility index (Phi) is 4.18. The highest BCUT2D eigenvalue weighted by Crippen LogP contribution is 2.19. The number of benzene rings is 1. The van der Waals surface area contributed by atoms with Crippen LogP contribution in [0.4, 0.5) is 0 Å². The second kappa shape index (κ2) is 6.04. The van der Waals surface area contributed by atoms with E-state index < -0.39 is 0 Å². The van der Waals surface area contributed by atoms with E-state index in [2.05, 4.69) is 45.0 Å². The average Bonchev–Trinajstić information content (AvgIpc) is 2.87. The van der Waals surface area contributed by atoms with Gasteiger partial charge < -0.3 is 10.6 Å². The molecule has 0 saturated heterocycles. The summed E-state index contributed by atoms with van der Waals surface area (Å²) in [6.45, 7) is 0.738. The maximum atomic E-state index is 4.20. The normalized spacial score (nSPS) is 11.4. The minimum Gasteiger partial charge on any atom is -0.359 e. The number of nitrogens with one attached hydrogen (secondary N) is 2. The number of hydrogen-bond acceptors (Lipinski definition) is 2. The molecule has 0 unspecified atom stereocenters. The fraction of sp³-hybridized carbons (Fsp3) is 0.286. The summed E-state index contributed by atoms with van der Waals surface area (Å²) in [5.74, 6) is 0.784. The molecule has 0 aliphatic carbocycles. The van der Waals surface area contributed by atoms with Gasteiger partial charge in [-0.05, 0) is 17.2 Å². The monoisotopic (exact) mass is 257 g/mol. The summed E-state index contributed by atoms with van der Waals surface area (Å²) in [5.41, 5.74) is 3.51. The molecule has 0 atom stereocenters. The van der Waals surface area contributed by atoms with Crippen LogP contribution in [0.3, 0.4) is 0 Å². The van der Waals surface area contributed by atoms with Crippen LogP contribution in [0.15, 0.2) is 41.7 Å². The van der Waals surface area contributed by atoms with Gasteiger partial charge in [0, 0.05) is 39.4 Å². The van der Waals surface area contributed by atoms with Gasteiger partial charge in [0.15, 0.2) is 5.96 Å². The maximum absolute atomic E-state index is 4.20. The Morgan fingerprint density at radius 1 is 1.37 bits per heavy atom. The lowest BCUT2D eigenvalue weighted by atomic mass is 10.1. The van der Waals surface area contributed by atoms with Gasteiger partial charge in [0.05, 0.1) is 6.20 Å². The molecule has 100 valence electrons. The van der Waals surface area contributed by atoms with Crippen LogP contribution in [-0.4, -0.2) is 29.8 Å². The number of guanidine groups is 1. The Hall–Kier alpha value is -2.30. The highest BCUT2D eigenvalue weighted by atomic mass is 15.2. The molecule has 0 aliphatic heterocycles.